The Bertz CT molecular complexity index is 1790. The molecule has 0 bridgehead atoms. The van der Waals surface area contributed by atoms with Crippen LogP contribution in [-0.2, 0) is 25.3 Å². The Morgan fingerprint density at radius 2 is 1.38 bits per heavy atom. The van der Waals surface area contributed by atoms with Crippen LogP contribution in [0, 0.1) is 0 Å². The Morgan fingerprint density at radius 3 is 2.06 bits per heavy atom. The smallest absolute Gasteiger partial charge is 0.691 e. The molecule has 1 aliphatic heterocycles. The van der Waals surface area contributed by atoms with Crippen LogP contribution in [0.1, 0.15) is 5.89 Å². The maximum absolute atomic E-state index is 10.3. The molecule has 0 unspecified atom stereocenters. The fourth-order valence-corrected chi connectivity index (χ4v) is 5.84. The Labute approximate surface area is 324 Å². The van der Waals surface area contributed by atoms with Gasteiger partial charge in [-0.3, -0.25) is 10.1 Å². The molecule has 5 aromatic rings. The molecular formula is C33H27N2Na2O8S2+. The standard InChI is InChI=1S/C33H28N2O8S2.2Na/c36-40-42-44-20-18-34-28-22-26(24-8-3-1-4-9-24)14-16-30(28)38-32(34)12-7-13-33-35(19-21-45-43-41-37)29-23-27(15-17-31(29)39-33)25-10-5-2-6-11-25;;/h1-17,22-23H,18-21H2,(H-,36,37);;/q;2*+1/p-1. The molecule has 1 aliphatic rings. The van der Waals surface area contributed by atoms with Gasteiger partial charge in [0.15, 0.2) is 12.3 Å². The summed E-state index contributed by atoms with van der Waals surface area (Å²) in [6.45, 7) is 0.982. The van der Waals surface area contributed by atoms with E-state index in [2.05, 4.69) is 55.1 Å². The molecular weight excluding hydrogens is 662 g/mol. The van der Waals surface area contributed by atoms with Crippen LogP contribution in [-0.4, -0.2) is 18.1 Å². The molecule has 0 fully saturated rings. The van der Waals surface area contributed by atoms with E-state index in [1.807, 2.05) is 88.4 Å². The molecule has 0 atom stereocenters. The first-order valence-corrected chi connectivity index (χ1v) is 15.8. The van der Waals surface area contributed by atoms with Crippen molar-refractivity contribution in [2.75, 3.05) is 23.0 Å². The topological polar surface area (TPSA) is 113 Å². The molecule has 10 nitrogen and oxygen atoms in total. The second-order valence-electron chi connectivity index (χ2n) is 9.72. The number of rotatable bonds is 14. The van der Waals surface area contributed by atoms with Crippen molar-refractivity contribution < 1.29 is 102 Å². The van der Waals surface area contributed by atoms with Crippen molar-refractivity contribution in [2.45, 2.75) is 6.54 Å². The van der Waals surface area contributed by atoms with Crippen molar-refractivity contribution in [3.05, 3.63) is 121 Å². The van der Waals surface area contributed by atoms with Gasteiger partial charge in [-0.25, -0.2) is 0 Å². The van der Waals surface area contributed by atoms with Crippen LogP contribution >= 0.6 is 24.1 Å². The average molecular weight is 690 g/mol. The molecule has 2 heterocycles. The number of benzene rings is 4. The quantitative estimate of drug-likeness (QED) is 0.0378. The first-order chi connectivity index (χ1) is 22.2. The maximum atomic E-state index is 10.3. The van der Waals surface area contributed by atoms with Gasteiger partial charge in [0.05, 0.1) is 17.5 Å². The minimum Gasteiger partial charge on any atom is -0.691 e. The third-order valence-electron chi connectivity index (χ3n) is 7.10. The van der Waals surface area contributed by atoms with Gasteiger partial charge < -0.3 is 24.6 Å². The van der Waals surface area contributed by atoms with Gasteiger partial charge in [-0.1, -0.05) is 72.8 Å². The van der Waals surface area contributed by atoms with Gasteiger partial charge >= 0.3 is 65.0 Å². The van der Waals surface area contributed by atoms with Gasteiger partial charge in [-0.2, -0.15) is 13.2 Å². The average Bonchev–Trinajstić information content (AvgIpc) is 3.62. The second-order valence-corrected chi connectivity index (χ2v) is 11.3. The zero-order chi connectivity index (χ0) is 30.8. The Kier molecular flexibility index (Phi) is 15.4. The molecule has 6 rings (SSSR count). The van der Waals surface area contributed by atoms with E-state index in [1.54, 1.807) is 0 Å². The van der Waals surface area contributed by atoms with Gasteiger partial charge in [0, 0.05) is 42.4 Å². The number of oxazole rings is 1. The van der Waals surface area contributed by atoms with E-state index >= 15 is 0 Å². The molecule has 1 aromatic heterocycles. The molecule has 14 heteroatoms. The first kappa shape index (κ1) is 37.7. The summed E-state index contributed by atoms with van der Waals surface area (Å²) in [5.74, 6) is 2.80. The molecule has 0 aliphatic carbocycles. The van der Waals surface area contributed by atoms with Crippen molar-refractivity contribution in [3.8, 4) is 28.0 Å². The Morgan fingerprint density at radius 1 is 0.745 bits per heavy atom. The molecule has 4 aromatic carbocycles. The van der Waals surface area contributed by atoms with Crippen molar-refractivity contribution in [1.29, 1.82) is 0 Å². The van der Waals surface area contributed by atoms with E-state index in [4.69, 9.17) is 9.15 Å². The molecule has 0 N–H and O–H groups in total. The Hall–Kier alpha value is -2.11. The number of anilines is 1. The number of hydrogen-bond donors (Lipinski definition) is 0. The number of hydrogen-bond acceptors (Lipinski definition) is 11. The second kappa shape index (κ2) is 19.2. The summed E-state index contributed by atoms with van der Waals surface area (Å²) < 4.78 is 23.5. The molecule has 0 amide bonds. The van der Waals surface area contributed by atoms with E-state index in [0.717, 1.165) is 57.5 Å². The summed E-state index contributed by atoms with van der Waals surface area (Å²) in [5.41, 5.74) is 6.78. The number of ether oxygens (including phenoxy) is 1. The molecule has 0 spiro atoms. The number of nitrogens with zero attached hydrogens (tertiary/aromatic N) is 2. The summed E-state index contributed by atoms with van der Waals surface area (Å²) in [7, 11) is 0. The van der Waals surface area contributed by atoms with Gasteiger partial charge in [0.1, 0.15) is 0 Å². The molecule has 0 saturated heterocycles. The number of aryl methyl sites for hydroxylation is 1. The molecule has 230 valence electrons. The first-order valence-electron chi connectivity index (χ1n) is 14.0. The largest absolute Gasteiger partial charge is 1.00 e. The molecule has 47 heavy (non-hydrogen) atoms. The van der Waals surface area contributed by atoms with Gasteiger partial charge in [-0.05, 0) is 52.6 Å². The zero-order valence-corrected chi connectivity index (χ0v) is 31.4. The summed E-state index contributed by atoms with van der Waals surface area (Å²) in [6, 6.07) is 32.3. The van der Waals surface area contributed by atoms with E-state index in [9.17, 15) is 10.5 Å². The summed E-state index contributed by atoms with van der Waals surface area (Å²) >= 11 is 1.83. The van der Waals surface area contributed by atoms with Crippen molar-refractivity contribution in [3.63, 3.8) is 0 Å². The predicted octanol–water partition coefficient (Wildman–Crippen LogP) is -0.441. The van der Waals surface area contributed by atoms with Crippen LogP contribution in [0.25, 0.3) is 39.4 Å². The summed E-state index contributed by atoms with van der Waals surface area (Å²) in [6.07, 6.45) is 5.56. The molecule has 0 radical (unpaired) electrons. The summed E-state index contributed by atoms with van der Waals surface area (Å²) in [5, 5.41) is 27.6. The Balaban J connectivity index is 0.00000250. The van der Waals surface area contributed by atoms with Crippen molar-refractivity contribution >= 4 is 46.9 Å². The third-order valence-corrected chi connectivity index (χ3v) is 8.10. The van der Waals surface area contributed by atoms with Crippen LogP contribution in [0.2, 0.25) is 0 Å². The van der Waals surface area contributed by atoms with Gasteiger partial charge in [-0.15, -0.1) is 0 Å². The van der Waals surface area contributed by atoms with Crippen LogP contribution in [0.3, 0.4) is 0 Å². The van der Waals surface area contributed by atoms with Crippen LogP contribution in [0.5, 0.6) is 5.75 Å². The van der Waals surface area contributed by atoms with Gasteiger partial charge in [0.2, 0.25) is 11.5 Å². The van der Waals surface area contributed by atoms with Crippen LogP contribution < -0.4 is 83.8 Å². The fraction of sp³-hybridized carbons (Fsp3) is 0.121. The van der Waals surface area contributed by atoms with Crippen molar-refractivity contribution in [2.24, 2.45) is 0 Å². The predicted molar refractivity (Wildman–Crippen MR) is 168 cm³/mol. The van der Waals surface area contributed by atoms with Crippen LogP contribution in [0.4, 0.5) is 5.69 Å². The monoisotopic (exact) mass is 689 g/mol. The fourth-order valence-electron chi connectivity index (χ4n) is 5.11. The number of fused-ring (bicyclic) bond motifs is 2. The van der Waals surface area contributed by atoms with E-state index in [1.165, 1.54) is 0 Å². The normalized spacial score (nSPS) is 13.1. The van der Waals surface area contributed by atoms with Crippen LogP contribution in [0.15, 0.2) is 120 Å². The van der Waals surface area contributed by atoms with Crippen molar-refractivity contribution in [1.82, 2.24) is 0 Å². The van der Waals surface area contributed by atoms with E-state index in [-0.39, 0.29) is 59.1 Å². The zero-order valence-electron chi connectivity index (χ0n) is 25.8. The molecule has 0 saturated carbocycles. The minimum absolute atomic E-state index is 0. The number of aromatic nitrogens is 1. The SMILES string of the molecule is [Na+].[Na+].[O-]OOSCCN1/C(=C\C=C\c2oc3ccc(-c4ccccc4)cc3[n+]2CCSOO[O-])Oc2ccc(-c3ccccc3)cc21. The van der Waals surface area contributed by atoms with E-state index < -0.39 is 0 Å². The minimum atomic E-state index is 0. The maximum Gasteiger partial charge on any atom is 1.00 e. The third kappa shape index (κ3) is 9.53. The summed E-state index contributed by atoms with van der Waals surface area (Å²) in [4.78, 5) is 2.02. The van der Waals surface area contributed by atoms with Gasteiger partial charge in [0.25, 0.3) is 5.52 Å². The van der Waals surface area contributed by atoms with E-state index in [0.29, 0.717) is 47.7 Å². The number of allylic oxidation sites excluding steroid dienone is 2.